The number of aliphatic hydroxyl groups excluding tert-OH is 1. The smallest absolute Gasteiger partial charge is 0.303 e. The molecule has 2 unspecified atom stereocenters. The summed E-state index contributed by atoms with van der Waals surface area (Å²) in [7, 11) is 0. The number of aliphatic hydroxyl groups is 1. The van der Waals surface area contributed by atoms with Gasteiger partial charge in [-0.2, -0.15) is 0 Å². The van der Waals surface area contributed by atoms with Crippen molar-refractivity contribution in [1.29, 1.82) is 0 Å². The van der Waals surface area contributed by atoms with Crippen LogP contribution in [0.5, 0.6) is 0 Å². The molecule has 1 aromatic carbocycles. The van der Waals surface area contributed by atoms with Gasteiger partial charge in [0, 0.05) is 5.02 Å². The van der Waals surface area contributed by atoms with Gasteiger partial charge in [0.1, 0.15) is 0 Å². The summed E-state index contributed by atoms with van der Waals surface area (Å²) in [5.41, 5.74) is 0.577. The Hall–Kier alpha value is -1.06. The molecule has 2 N–H and O–H groups in total. The molecule has 0 fully saturated rings. The molecule has 0 radical (unpaired) electrons. The molecule has 0 amide bonds. The van der Waals surface area contributed by atoms with Crippen LogP contribution in [0, 0.1) is 5.92 Å². The molecule has 4 heteroatoms. The predicted molar refractivity (Wildman–Crippen MR) is 57.8 cm³/mol. The lowest BCUT2D eigenvalue weighted by molar-refractivity contribution is -0.139. The van der Waals surface area contributed by atoms with E-state index in [0.717, 1.165) is 0 Å². The molecule has 0 saturated carbocycles. The molecule has 82 valence electrons. The summed E-state index contributed by atoms with van der Waals surface area (Å²) in [6, 6.07) is 6.90. The highest BCUT2D eigenvalue weighted by Gasteiger charge is 2.20. The molecule has 0 aliphatic rings. The summed E-state index contributed by atoms with van der Waals surface area (Å²) >= 11 is 5.89. The molecule has 0 saturated heterocycles. The van der Waals surface area contributed by atoms with Gasteiger partial charge in [-0.05, 0) is 17.5 Å². The van der Waals surface area contributed by atoms with E-state index in [1.807, 2.05) is 0 Å². The second-order valence-electron chi connectivity index (χ2n) is 3.54. The van der Waals surface area contributed by atoms with Crippen LogP contribution < -0.4 is 0 Å². The maximum absolute atomic E-state index is 10.5. The van der Waals surface area contributed by atoms with Crippen molar-refractivity contribution in [1.82, 2.24) is 0 Å². The van der Waals surface area contributed by atoms with Crippen LogP contribution in [0.3, 0.4) is 0 Å². The average Bonchev–Trinajstić information content (AvgIpc) is 2.16. The van der Waals surface area contributed by atoms with Crippen molar-refractivity contribution in [2.75, 3.05) is 0 Å². The van der Waals surface area contributed by atoms with Gasteiger partial charge in [0.2, 0.25) is 0 Å². The lowest BCUT2D eigenvalue weighted by atomic mass is 9.95. The number of aliphatic carboxylic acids is 1. The Morgan fingerprint density at radius 3 is 2.60 bits per heavy atom. The van der Waals surface area contributed by atoms with Crippen molar-refractivity contribution in [2.24, 2.45) is 5.92 Å². The Morgan fingerprint density at radius 1 is 1.47 bits per heavy atom. The first kappa shape index (κ1) is 12.0. The number of carbonyl (C=O) groups is 1. The Balaban J connectivity index is 2.80. The van der Waals surface area contributed by atoms with Gasteiger partial charge in [-0.1, -0.05) is 36.7 Å². The van der Waals surface area contributed by atoms with Crippen molar-refractivity contribution in [3.8, 4) is 0 Å². The lowest BCUT2D eigenvalue weighted by Crippen LogP contribution is -2.13. The number of hydrogen-bond acceptors (Lipinski definition) is 2. The quantitative estimate of drug-likeness (QED) is 0.833. The molecule has 0 aliphatic heterocycles. The summed E-state index contributed by atoms with van der Waals surface area (Å²) in [5, 5.41) is 18.9. The number of rotatable bonds is 4. The Morgan fingerprint density at radius 2 is 2.07 bits per heavy atom. The Labute approximate surface area is 93.3 Å². The zero-order chi connectivity index (χ0) is 11.4. The zero-order valence-corrected chi connectivity index (χ0v) is 9.11. The maximum Gasteiger partial charge on any atom is 0.303 e. The molecule has 1 rings (SSSR count). The number of halogens is 1. The van der Waals surface area contributed by atoms with Gasteiger partial charge in [-0.15, -0.1) is 0 Å². The number of carboxylic acids is 1. The van der Waals surface area contributed by atoms with E-state index >= 15 is 0 Å². The third-order valence-electron chi connectivity index (χ3n) is 2.26. The first-order valence-electron chi connectivity index (χ1n) is 4.66. The number of hydrogen-bond donors (Lipinski definition) is 2. The largest absolute Gasteiger partial charge is 0.481 e. The minimum Gasteiger partial charge on any atom is -0.481 e. The van der Waals surface area contributed by atoms with Gasteiger partial charge >= 0.3 is 5.97 Å². The third-order valence-corrected chi connectivity index (χ3v) is 2.60. The second-order valence-corrected chi connectivity index (χ2v) is 3.95. The average molecular weight is 229 g/mol. The van der Waals surface area contributed by atoms with Gasteiger partial charge in [0.05, 0.1) is 12.5 Å². The molecule has 0 heterocycles. The number of carboxylic acid groups (broad SMARTS) is 1. The Bertz CT molecular complexity index is 351. The van der Waals surface area contributed by atoms with Gasteiger partial charge < -0.3 is 10.2 Å². The monoisotopic (exact) mass is 228 g/mol. The highest BCUT2D eigenvalue weighted by molar-refractivity contribution is 6.31. The summed E-state index contributed by atoms with van der Waals surface area (Å²) in [4.78, 5) is 10.5. The Kier molecular flexibility index (Phi) is 4.12. The summed E-state index contributed by atoms with van der Waals surface area (Å²) in [5.74, 6) is -1.28. The minimum atomic E-state index is -0.923. The summed E-state index contributed by atoms with van der Waals surface area (Å²) in [6.07, 6.45) is -0.915. The normalized spacial score (nSPS) is 14.6. The van der Waals surface area contributed by atoms with E-state index in [1.54, 1.807) is 31.2 Å². The molecule has 1 aromatic rings. The van der Waals surface area contributed by atoms with Crippen molar-refractivity contribution in [2.45, 2.75) is 19.4 Å². The fraction of sp³-hybridized carbons (Fsp3) is 0.364. The van der Waals surface area contributed by atoms with Crippen LogP contribution in [0.2, 0.25) is 5.02 Å². The predicted octanol–water partition coefficient (Wildman–Crippen LogP) is 2.48. The van der Waals surface area contributed by atoms with E-state index in [1.165, 1.54) is 0 Å². The van der Waals surface area contributed by atoms with E-state index in [0.29, 0.717) is 10.6 Å². The van der Waals surface area contributed by atoms with Gasteiger partial charge in [-0.3, -0.25) is 4.79 Å². The van der Waals surface area contributed by atoms with Crippen molar-refractivity contribution >= 4 is 17.6 Å². The summed E-state index contributed by atoms with van der Waals surface area (Å²) in [6.45, 7) is 1.68. The van der Waals surface area contributed by atoms with E-state index in [9.17, 15) is 9.90 Å². The molecular formula is C11H13ClO3. The molecule has 0 bridgehead atoms. The third kappa shape index (κ3) is 3.22. The summed E-state index contributed by atoms with van der Waals surface area (Å²) < 4.78 is 0. The highest BCUT2D eigenvalue weighted by Crippen LogP contribution is 2.29. The van der Waals surface area contributed by atoms with Crippen molar-refractivity contribution in [3.63, 3.8) is 0 Å². The van der Waals surface area contributed by atoms with Crippen LogP contribution in [0.15, 0.2) is 24.3 Å². The number of benzene rings is 1. The van der Waals surface area contributed by atoms with Gasteiger partial charge in [0.25, 0.3) is 0 Å². The fourth-order valence-corrected chi connectivity index (χ4v) is 1.66. The van der Waals surface area contributed by atoms with Crippen LogP contribution in [-0.4, -0.2) is 16.2 Å². The maximum atomic E-state index is 10.5. The SMILES string of the molecule is CC(CC(=O)O)C(O)c1ccccc1Cl. The van der Waals surface area contributed by atoms with E-state index in [4.69, 9.17) is 16.7 Å². The minimum absolute atomic E-state index is 0.0770. The fourth-order valence-electron chi connectivity index (χ4n) is 1.41. The van der Waals surface area contributed by atoms with E-state index < -0.39 is 12.1 Å². The van der Waals surface area contributed by atoms with Gasteiger partial charge in [-0.25, -0.2) is 0 Å². The topological polar surface area (TPSA) is 57.5 Å². The first-order valence-corrected chi connectivity index (χ1v) is 5.04. The molecule has 0 spiro atoms. The molecule has 0 aliphatic carbocycles. The van der Waals surface area contributed by atoms with E-state index in [-0.39, 0.29) is 12.3 Å². The highest BCUT2D eigenvalue weighted by atomic mass is 35.5. The molecule has 2 atom stereocenters. The second kappa shape index (κ2) is 5.14. The van der Waals surface area contributed by atoms with Crippen LogP contribution >= 0.6 is 11.6 Å². The van der Waals surface area contributed by atoms with Crippen LogP contribution in [0.25, 0.3) is 0 Å². The molecule has 15 heavy (non-hydrogen) atoms. The van der Waals surface area contributed by atoms with Crippen molar-refractivity contribution < 1.29 is 15.0 Å². The molecule has 0 aromatic heterocycles. The standard InChI is InChI=1S/C11H13ClO3/c1-7(6-10(13)14)11(15)8-4-2-3-5-9(8)12/h2-5,7,11,15H,6H2,1H3,(H,13,14). The van der Waals surface area contributed by atoms with Crippen LogP contribution in [0.1, 0.15) is 25.0 Å². The molecule has 3 nitrogen and oxygen atoms in total. The van der Waals surface area contributed by atoms with Gasteiger partial charge in [0.15, 0.2) is 0 Å². The van der Waals surface area contributed by atoms with Crippen LogP contribution in [0.4, 0.5) is 0 Å². The molecular weight excluding hydrogens is 216 g/mol. The first-order chi connectivity index (χ1) is 7.02. The zero-order valence-electron chi connectivity index (χ0n) is 8.35. The lowest BCUT2D eigenvalue weighted by Gasteiger charge is -2.18. The van der Waals surface area contributed by atoms with E-state index in [2.05, 4.69) is 0 Å². The van der Waals surface area contributed by atoms with Crippen molar-refractivity contribution in [3.05, 3.63) is 34.9 Å². The van der Waals surface area contributed by atoms with Crippen LogP contribution in [-0.2, 0) is 4.79 Å².